The van der Waals surface area contributed by atoms with E-state index in [2.05, 4.69) is 0 Å². The first kappa shape index (κ1) is 11.5. The van der Waals surface area contributed by atoms with Gasteiger partial charge in [-0.25, -0.2) is 4.57 Å². The molecule has 0 fully saturated rings. The van der Waals surface area contributed by atoms with E-state index in [1.165, 1.54) is 6.92 Å². The van der Waals surface area contributed by atoms with Crippen LogP contribution in [0, 0.1) is 0 Å². The number of aryl methyl sites for hydroxylation is 1. The Morgan fingerprint density at radius 3 is 3.00 bits per heavy atom. The Hall–Kier alpha value is -1.58. The van der Waals surface area contributed by atoms with Gasteiger partial charge in [-0.2, -0.15) is 0 Å². The van der Waals surface area contributed by atoms with Crippen LogP contribution in [-0.4, -0.2) is 17.7 Å². The summed E-state index contributed by atoms with van der Waals surface area (Å²) in [6.45, 7) is 2.69. The minimum Gasteiger partial charge on any atom is -0.503 e. The first-order chi connectivity index (χ1) is 7.18. The van der Waals surface area contributed by atoms with E-state index in [1.807, 2.05) is 10.8 Å². The maximum absolute atomic E-state index is 10.5. The number of pyridine rings is 1. The lowest BCUT2D eigenvalue weighted by Crippen LogP contribution is -2.32. The molecule has 0 saturated carbocycles. The predicted octanol–water partition coefficient (Wildman–Crippen LogP) is 1.02. The standard InChI is InChI=1S/C11H15NO3/c1-10(13)15-8-3-2-6-12-7-4-5-11(14)9-12/h4-5,7,9H,2-3,6,8H2,1H3/p+1. The van der Waals surface area contributed by atoms with Gasteiger partial charge in [-0.3, -0.25) is 4.79 Å². The highest BCUT2D eigenvalue weighted by Gasteiger charge is 2.01. The summed E-state index contributed by atoms with van der Waals surface area (Å²) in [7, 11) is 0. The van der Waals surface area contributed by atoms with E-state index in [1.54, 1.807) is 18.3 Å². The highest BCUT2D eigenvalue weighted by Crippen LogP contribution is 2.00. The van der Waals surface area contributed by atoms with Crippen LogP contribution < -0.4 is 4.57 Å². The number of hydrogen-bond donors (Lipinski definition) is 1. The van der Waals surface area contributed by atoms with Crippen molar-refractivity contribution in [2.24, 2.45) is 0 Å². The molecule has 4 nitrogen and oxygen atoms in total. The Kier molecular flexibility index (Phi) is 4.60. The van der Waals surface area contributed by atoms with Gasteiger partial charge in [-0.15, -0.1) is 0 Å². The summed E-state index contributed by atoms with van der Waals surface area (Å²) in [5.74, 6) is 0.0255. The Morgan fingerprint density at radius 2 is 2.33 bits per heavy atom. The maximum atomic E-state index is 10.5. The molecule has 0 aliphatic carbocycles. The smallest absolute Gasteiger partial charge is 0.302 e. The Balaban J connectivity index is 2.17. The van der Waals surface area contributed by atoms with Crippen molar-refractivity contribution in [2.75, 3.05) is 6.61 Å². The number of rotatable bonds is 5. The molecule has 0 bridgehead atoms. The van der Waals surface area contributed by atoms with E-state index in [0.29, 0.717) is 6.61 Å². The third kappa shape index (κ3) is 5.00. The SMILES string of the molecule is CC(=O)OCCCC[n+]1cccc(O)c1. The number of nitrogens with zero attached hydrogens (tertiary/aromatic N) is 1. The van der Waals surface area contributed by atoms with Gasteiger partial charge in [0.25, 0.3) is 0 Å². The summed E-state index contributed by atoms with van der Waals surface area (Å²) in [6.07, 6.45) is 5.32. The van der Waals surface area contributed by atoms with E-state index in [0.717, 1.165) is 19.4 Å². The first-order valence-electron chi connectivity index (χ1n) is 5.00. The van der Waals surface area contributed by atoms with Gasteiger partial charge in [-0.1, -0.05) is 0 Å². The molecule has 0 aliphatic heterocycles. The van der Waals surface area contributed by atoms with Gasteiger partial charge in [0.15, 0.2) is 11.9 Å². The van der Waals surface area contributed by atoms with Crippen molar-refractivity contribution >= 4 is 5.97 Å². The van der Waals surface area contributed by atoms with E-state index >= 15 is 0 Å². The number of esters is 1. The minimum atomic E-state index is -0.236. The van der Waals surface area contributed by atoms with Gasteiger partial charge in [0.2, 0.25) is 6.20 Å². The van der Waals surface area contributed by atoms with Crippen LogP contribution in [0.3, 0.4) is 0 Å². The fourth-order valence-electron chi connectivity index (χ4n) is 1.26. The van der Waals surface area contributed by atoms with Crippen molar-refractivity contribution in [1.82, 2.24) is 0 Å². The van der Waals surface area contributed by atoms with Gasteiger partial charge < -0.3 is 9.84 Å². The molecule has 0 atom stereocenters. The molecule has 4 heteroatoms. The first-order valence-corrected chi connectivity index (χ1v) is 5.00. The molecule has 0 amide bonds. The minimum absolute atomic E-state index is 0.236. The number of carbonyl (C=O) groups excluding carboxylic acids is 1. The zero-order chi connectivity index (χ0) is 11.1. The zero-order valence-electron chi connectivity index (χ0n) is 8.85. The van der Waals surface area contributed by atoms with E-state index in [-0.39, 0.29) is 11.7 Å². The third-order valence-electron chi connectivity index (χ3n) is 1.96. The predicted molar refractivity (Wildman–Crippen MR) is 54.2 cm³/mol. The van der Waals surface area contributed by atoms with Crippen molar-refractivity contribution in [3.63, 3.8) is 0 Å². The van der Waals surface area contributed by atoms with Gasteiger partial charge in [0.05, 0.1) is 6.61 Å². The quantitative estimate of drug-likeness (QED) is 0.448. The van der Waals surface area contributed by atoms with Crippen molar-refractivity contribution in [1.29, 1.82) is 0 Å². The van der Waals surface area contributed by atoms with Crippen LogP contribution in [0.2, 0.25) is 0 Å². The second-order valence-corrected chi connectivity index (χ2v) is 3.35. The van der Waals surface area contributed by atoms with Crippen LogP contribution in [0.25, 0.3) is 0 Å². The topological polar surface area (TPSA) is 50.4 Å². The molecule has 0 unspecified atom stereocenters. The summed E-state index contributed by atoms with van der Waals surface area (Å²) in [6, 6.07) is 3.43. The largest absolute Gasteiger partial charge is 0.503 e. The average Bonchev–Trinajstić information content (AvgIpc) is 2.17. The highest BCUT2D eigenvalue weighted by atomic mass is 16.5. The van der Waals surface area contributed by atoms with E-state index < -0.39 is 0 Å². The lowest BCUT2D eigenvalue weighted by Gasteiger charge is -2.00. The van der Waals surface area contributed by atoms with Gasteiger partial charge >= 0.3 is 5.97 Å². The van der Waals surface area contributed by atoms with Crippen LogP contribution in [0.4, 0.5) is 0 Å². The Labute approximate surface area is 89.1 Å². The third-order valence-corrected chi connectivity index (χ3v) is 1.96. The Bertz CT molecular complexity index is 325. The molecule has 0 aromatic carbocycles. The number of ether oxygens (including phenoxy) is 1. The summed E-state index contributed by atoms with van der Waals surface area (Å²) in [4.78, 5) is 10.5. The van der Waals surface area contributed by atoms with Gasteiger partial charge in [0, 0.05) is 19.4 Å². The molecule has 1 aromatic rings. The summed E-state index contributed by atoms with van der Waals surface area (Å²) >= 11 is 0. The fourth-order valence-corrected chi connectivity index (χ4v) is 1.26. The van der Waals surface area contributed by atoms with Crippen molar-refractivity contribution in [2.45, 2.75) is 26.3 Å². The number of hydrogen-bond acceptors (Lipinski definition) is 3. The Morgan fingerprint density at radius 1 is 1.53 bits per heavy atom. The summed E-state index contributed by atoms with van der Waals surface area (Å²) in [5, 5.41) is 9.20. The zero-order valence-corrected chi connectivity index (χ0v) is 8.85. The van der Waals surface area contributed by atoms with E-state index in [9.17, 15) is 9.90 Å². The molecule has 1 aromatic heterocycles. The van der Waals surface area contributed by atoms with Gasteiger partial charge in [-0.05, 0) is 12.5 Å². The van der Waals surface area contributed by atoms with Crippen LogP contribution in [0.5, 0.6) is 5.75 Å². The fraction of sp³-hybridized carbons (Fsp3) is 0.455. The summed E-state index contributed by atoms with van der Waals surface area (Å²) in [5.41, 5.74) is 0. The van der Waals surface area contributed by atoms with E-state index in [4.69, 9.17) is 4.74 Å². The number of aromatic nitrogens is 1. The van der Waals surface area contributed by atoms with Crippen LogP contribution >= 0.6 is 0 Å². The number of aromatic hydroxyl groups is 1. The highest BCUT2D eigenvalue weighted by molar-refractivity contribution is 5.65. The van der Waals surface area contributed by atoms with Crippen molar-refractivity contribution in [3.05, 3.63) is 24.5 Å². The average molecular weight is 210 g/mol. The summed E-state index contributed by atoms with van der Waals surface area (Å²) < 4.78 is 6.71. The molecule has 0 saturated heterocycles. The molecule has 82 valence electrons. The number of unbranched alkanes of at least 4 members (excludes halogenated alkanes) is 1. The molecule has 1 rings (SSSR count). The second kappa shape index (κ2) is 6.01. The van der Waals surface area contributed by atoms with Crippen LogP contribution in [0.15, 0.2) is 24.5 Å². The second-order valence-electron chi connectivity index (χ2n) is 3.35. The lowest BCUT2D eigenvalue weighted by molar-refractivity contribution is -0.697. The van der Waals surface area contributed by atoms with Gasteiger partial charge in [0.1, 0.15) is 6.54 Å². The maximum Gasteiger partial charge on any atom is 0.302 e. The number of carbonyl (C=O) groups is 1. The molecule has 1 heterocycles. The molecule has 1 N–H and O–H groups in total. The molecular formula is C11H16NO3+. The molecule has 0 spiro atoms. The van der Waals surface area contributed by atoms with Crippen LogP contribution in [0.1, 0.15) is 19.8 Å². The van der Waals surface area contributed by atoms with Crippen molar-refractivity contribution < 1.29 is 19.2 Å². The van der Waals surface area contributed by atoms with Crippen LogP contribution in [-0.2, 0) is 16.1 Å². The molecule has 0 radical (unpaired) electrons. The molecular weight excluding hydrogens is 194 g/mol. The normalized spacial score (nSPS) is 9.93. The molecule has 0 aliphatic rings. The van der Waals surface area contributed by atoms with Crippen molar-refractivity contribution in [3.8, 4) is 5.75 Å². The lowest BCUT2D eigenvalue weighted by atomic mass is 10.3. The molecule has 15 heavy (non-hydrogen) atoms. The monoisotopic (exact) mass is 210 g/mol.